The second kappa shape index (κ2) is 5.73. The van der Waals surface area contributed by atoms with Gasteiger partial charge in [-0.3, -0.25) is 0 Å². The lowest BCUT2D eigenvalue weighted by atomic mass is 10.2. The van der Waals surface area contributed by atoms with E-state index in [4.69, 9.17) is 4.74 Å². The van der Waals surface area contributed by atoms with Crippen LogP contribution in [0.3, 0.4) is 0 Å². The van der Waals surface area contributed by atoms with Crippen LogP contribution in [0.5, 0.6) is 0 Å². The molecule has 0 aliphatic rings. The fourth-order valence-corrected chi connectivity index (χ4v) is 0.950. The van der Waals surface area contributed by atoms with Crippen LogP contribution in [0.2, 0.25) is 0 Å². The molecule has 0 saturated heterocycles. The van der Waals surface area contributed by atoms with Crippen LogP contribution in [0.25, 0.3) is 0 Å². The molecule has 0 spiro atoms. The normalized spacial score (nSPS) is 10.7. The molecule has 71 valence electrons. The molecule has 0 amide bonds. The summed E-state index contributed by atoms with van der Waals surface area (Å²) in [5.74, 6) is 0. The molecule has 0 unspecified atom stereocenters. The number of rotatable bonds is 5. The van der Waals surface area contributed by atoms with E-state index in [1.807, 2.05) is 38.4 Å². The highest BCUT2D eigenvalue weighted by Crippen LogP contribution is 1.98. The van der Waals surface area contributed by atoms with Crippen molar-refractivity contribution < 1.29 is 4.74 Å². The minimum absolute atomic E-state index is 0.661. The Hall–Kier alpha value is -0.860. The van der Waals surface area contributed by atoms with Gasteiger partial charge in [-0.15, -0.1) is 0 Å². The zero-order valence-electron chi connectivity index (χ0n) is 8.29. The molecule has 0 fully saturated rings. The van der Waals surface area contributed by atoms with Crippen LogP contribution in [0.15, 0.2) is 24.3 Å². The highest BCUT2D eigenvalue weighted by atomic mass is 16.5. The third kappa shape index (κ3) is 4.65. The smallest absolute Gasteiger partial charge is 0.0723 e. The monoisotopic (exact) mass is 178 g/mol. The standard InChI is InChI=1S/C11H16NO/c1-12(2)8-9-13-10-11-6-4-3-5-7-11/h3-6H,8-10H2,1-2H3. The van der Waals surface area contributed by atoms with Crippen LogP contribution in [0.4, 0.5) is 0 Å². The summed E-state index contributed by atoms with van der Waals surface area (Å²) < 4.78 is 5.46. The average Bonchev–Trinajstić information content (AvgIpc) is 2.14. The molecule has 0 heterocycles. The molecule has 0 atom stereocenters. The van der Waals surface area contributed by atoms with Crippen molar-refractivity contribution in [1.29, 1.82) is 0 Å². The molecule has 13 heavy (non-hydrogen) atoms. The van der Waals surface area contributed by atoms with Crippen molar-refractivity contribution in [2.45, 2.75) is 6.61 Å². The Kier molecular flexibility index (Phi) is 4.50. The predicted molar refractivity (Wildman–Crippen MR) is 53.5 cm³/mol. The summed E-state index contributed by atoms with van der Waals surface area (Å²) in [7, 11) is 4.08. The molecule has 2 nitrogen and oxygen atoms in total. The number of hydrogen-bond acceptors (Lipinski definition) is 2. The van der Waals surface area contributed by atoms with E-state index in [0.29, 0.717) is 6.61 Å². The van der Waals surface area contributed by atoms with Crippen LogP contribution < -0.4 is 0 Å². The molecule has 1 rings (SSSR count). The average molecular weight is 178 g/mol. The van der Waals surface area contributed by atoms with Gasteiger partial charge < -0.3 is 9.64 Å². The van der Waals surface area contributed by atoms with Gasteiger partial charge in [-0.1, -0.05) is 24.3 Å². The third-order valence-corrected chi connectivity index (χ3v) is 1.71. The van der Waals surface area contributed by atoms with Gasteiger partial charge in [0.2, 0.25) is 0 Å². The Morgan fingerprint density at radius 2 is 2.23 bits per heavy atom. The lowest BCUT2D eigenvalue weighted by molar-refractivity contribution is 0.105. The van der Waals surface area contributed by atoms with Gasteiger partial charge in [-0.25, -0.2) is 0 Å². The van der Waals surface area contributed by atoms with Crippen molar-refractivity contribution >= 4 is 0 Å². The van der Waals surface area contributed by atoms with Crippen molar-refractivity contribution in [2.24, 2.45) is 0 Å². The summed E-state index contributed by atoms with van der Waals surface area (Å²) in [5, 5.41) is 0. The maximum Gasteiger partial charge on any atom is 0.0723 e. The van der Waals surface area contributed by atoms with Crippen molar-refractivity contribution in [3.63, 3.8) is 0 Å². The molecule has 1 radical (unpaired) electrons. The summed E-state index contributed by atoms with van der Waals surface area (Å²) >= 11 is 0. The predicted octanol–water partition coefficient (Wildman–Crippen LogP) is 1.56. The molecule has 0 N–H and O–H groups in total. The van der Waals surface area contributed by atoms with Crippen LogP contribution in [-0.2, 0) is 11.3 Å². The summed E-state index contributed by atoms with van der Waals surface area (Å²) in [6.07, 6.45) is 0. The first-order chi connectivity index (χ1) is 6.29. The van der Waals surface area contributed by atoms with E-state index < -0.39 is 0 Å². The lowest BCUT2D eigenvalue weighted by Gasteiger charge is -2.09. The van der Waals surface area contributed by atoms with E-state index in [1.54, 1.807) is 0 Å². The van der Waals surface area contributed by atoms with Crippen LogP contribution in [-0.4, -0.2) is 32.1 Å². The van der Waals surface area contributed by atoms with Crippen molar-refractivity contribution in [1.82, 2.24) is 4.90 Å². The van der Waals surface area contributed by atoms with Crippen LogP contribution >= 0.6 is 0 Å². The fraction of sp³-hybridized carbons (Fsp3) is 0.455. The highest BCUT2D eigenvalue weighted by molar-refractivity contribution is 5.11. The number of ether oxygens (including phenoxy) is 1. The van der Waals surface area contributed by atoms with Crippen molar-refractivity contribution in [3.05, 3.63) is 35.9 Å². The Morgan fingerprint density at radius 3 is 2.85 bits per heavy atom. The largest absolute Gasteiger partial charge is 0.375 e. The second-order valence-corrected chi connectivity index (χ2v) is 3.24. The van der Waals surface area contributed by atoms with Gasteiger partial charge in [0.1, 0.15) is 0 Å². The van der Waals surface area contributed by atoms with Gasteiger partial charge >= 0.3 is 0 Å². The molecular formula is C11H16NO. The molecule has 0 aromatic heterocycles. The summed E-state index contributed by atoms with van der Waals surface area (Å²) in [6, 6.07) is 11.0. The lowest BCUT2D eigenvalue weighted by Crippen LogP contribution is -2.17. The first kappa shape index (κ1) is 10.2. The van der Waals surface area contributed by atoms with Crippen molar-refractivity contribution in [3.8, 4) is 0 Å². The van der Waals surface area contributed by atoms with E-state index in [2.05, 4.69) is 11.0 Å². The summed E-state index contributed by atoms with van der Waals surface area (Å²) in [5.41, 5.74) is 1.11. The van der Waals surface area contributed by atoms with Gasteiger partial charge in [-0.05, 0) is 25.7 Å². The number of hydrogen-bond donors (Lipinski definition) is 0. The molecule has 2 heteroatoms. The number of benzene rings is 1. The SMILES string of the molecule is CN(C)CCOCc1[c]cccc1. The number of nitrogens with zero attached hydrogens (tertiary/aromatic N) is 1. The van der Waals surface area contributed by atoms with E-state index in [0.717, 1.165) is 18.7 Å². The first-order valence-electron chi connectivity index (χ1n) is 4.47. The van der Waals surface area contributed by atoms with E-state index in [-0.39, 0.29) is 0 Å². The van der Waals surface area contributed by atoms with Crippen molar-refractivity contribution in [2.75, 3.05) is 27.2 Å². The second-order valence-electron chi connectivity index (χ2n) is 3.24. The minimum atomic E-state index is 0.661. The molecule has 0 bridgehead atoms. The van der Waals surface area contributed by atoms with Gasteiger partial charge in [0.05, 0.1) is 13.2 Å². The molecule has 1 aromatic rings. The van der Waals surface area contributed by atoms with Gasteiger partial charge in [0, 0.05) is 6.54 Å². The molecule has 0 aliphatic carbocycles. The fourth-order valence-electron chi connectivity index (χ4n) is 0.950. The first-order valence-corrected chi connectivity index (χ1v) is 4.47. The van der Waals surface area contributed by atoms with Gasteiger partial charge in [0.15, 0.2) is 0 Å². The zero-order chi connectivity index (χ0) is 9.52. The van der Waals surface area contributed by atoms with Crippen LogP contribution in [0.1, 0.15) is 5.56 Å². The van der Waals surface area contributed by atoms with E-state index in [1.165, 1.54) is 0 Å². The number of likely N-dealkylation sites (N-methyl/N-ethyl adjacent to an activating group) is 1. The Morgan fingerprint density at radius 1 is 1.38 bits per heavy atom. The summed E-state index contributed by atoms with van der Waals surface area (Å²) in [6.45, 7) is 2.40. The van der Waals surface area contributed by atoms with Gasteiger partial charge in [0.25, 0.3) is 0 Å². The van der Waals surface area contributed by atoms with Gasteiger partial charge in [-0.2, -0.15) is 0 Å². The van der Waals surface area contributed by atoms with E-state index >= 15 is 0 Å². The molecular weight excluding hydrogens is 162 g/mol. The van der Waals surface area contributed by atoms with E-state index in [9.17, 15) is 0 Å². The highest BCUT2D eigenvalue weighted by Gasteiger charge is 1.92. The quantitative estimate of drug-likeness (QED) is 0.634. The molecule has 1 aromatic carbocycles. The minimum Gasteiger partial charge on any atom is -0.375 e. The zero-order valence-corrected chi connectivity index (χ0v) is 8.29. The third-order valence-electron chi connectivity index (χ3n) is 1.71. The maximum atomic E-state index is 5.46. The maximum absolute atomic E-state index is 5.46. The Balaban J connectivity index is 2.13. The van der Waals surface area contributed by atoms with Crippen LogP contribution in [0, 0.1) is 6.07 Å². The summed E-state index contributed by atoms with van der Waals surface area (Å²) in [4.78, 5) is 2.11. The molecule has 0 saturated carbocycles. The Bertz CT molecular complexity index is 221. The topological polar surface area (TPSA) is 12.5 Å². The Labute approximate surface area is 80.1 Å². The molecule has 0 aliphatic heterocycles.